The van der Waals surface area contributed by atoms with E-state index in [2.05, 4.69) is 5.32 Å². The number of para-hydroxylation sites is 2. The SMILES string of the molecule is CCOc1ccccc1OCCN1CCNC(C)(C)C1=O. The van der Waals surface area contributed by atoms with Gasteiger partial charge >= 0.3 is 0 Å². The Hall–Kier alpha value is -1.75. The number of hydrogen-bond acceptors (Lipinski definition) is 4. The summed E-state index contributed by atoms with van der Waals surface area (Å²) >= 11 is 0. The minimum Gasteiger partial charge on any atom is -0.490 e. The summed E-state index contributed by atoms with van der Waals surface area (Å²) in [6, 6.07) is 7.60. The van der Waals surface area contributed by atoms with Crippen LogP contribution in [0.4, 0.5) is 0 Å². The van der Waals surface area contributed by atoms with E-state index in [4.69, 9.17) is 9.47 Å². The number of nitrogens with one attached hydrogen (secondary N) is 1. The maximum absolute atomic E-state index is 12.2. The highest BCUT2D eigenvalue weighted by Gasteiger charge is 2.34. The fraction of sp³-hybridized carbons (Fsp3) is 0.562. The lowest BCUT2D eigenvalue weighted by Crippen LogP contribution is -2.61. The Morgan fingerprint density at radius 2 is 1.90 bits per heavy atom. The van der Waals surface area contributed by atoms with Crippen molar-refractivity contribution in [3.63, 3.8) is 0 Å². The van der Waals surface area contributed by atoms with Crippen molar-refractivity contribution < 1.29 is 14.3 Å². The fourth-order valence-electron chi connectivity index (χ4n) is 2.40. The normalized spacial score (nSPS) is 17.7. The van der Waals surface area contributed by atoms with E-state index in [9.17, 15) is 4.79 Å². The van der Waals surface area contributed by atoms with E-state index in [0.29, 0.717) is 19.8 Å². The molecule has 1 amide bonds. The van der Waals surface area contributed by atoms with Gasteiger partial charge in [-0.1, -0.05) is 12.1 Å². The number of ether oxygens (including phenoxy) is 2. The summed E-state index contributed by atoms with van der Waals surface area (Å²) < 4.78 is 11.3. The number of rotatable bonds is 6. The van der Waals surface area contributed by atoms with Crippen LogP contribution in [0.5, 0.6) is 11.5 Å². The monoisotopic (exact) mass is 292 g/mol. The van der Waals surface area contributed by atoms with Crippen LogP contribution in [0.25, 0.3) is 0 Å². The van der Waals surface area contributed by atoms with Gasteiger partial charge in [0.05, 0.1) is 18.7 Å². The summed E-state index contributed by atoms with van der Waals surface area (Å²) in [5, 5.41) is 3.22. The average molecular weight is 292 g/mol. The van der Waals surface area contributed by atoms with Crippen molar-refractivity contribution in [1.29, 1.82) is 0 Å². The molecule has 116 valence electrons. The van der Waals surface area contributed by atoms with Gasteiger partial charge in [0.25, 0.3) is 0 Å². The third-order valence-corrected chi connectivity index (χ3v) is 3.54. The van der Waals surface area contributed by atoms with Crippen LogP contribution in [0.15, 0.2) is 24.3 Å². The Kier molecular flexibility index (Phi) is 5.07. The van der Waals surface area contributed by atoms with E-state index in [0.717, 1.165) is 24.6 Å². The Bertz CT molecular complexity index is 488. The Labute approximate surface area is 126 Å². The molecular formula is C16H24N2O3. The molecule has 0 unspecified atom stereocenters. The van der Waals surface area contributed by atoms with E-state index >= 15 is 0 Å². The van der Waals surface area contributed by atoms with Gasteiger partial charge in [0.2, 0.25) is 5.91 Å². The van der Waals surface area contributed by atoms with E-state index in [1.165, 1.54) is 0 Å². The van der Waals surface area contributed by atoms with Crippen LogP contribution in [0.3, 0.4) is 0 Å². The first-order valence-electron chi connectivity index (χ1n) is 7.43. The number of amides is 1. The average Bonchev–Trinajstić information content (AvgIpc) is 2.45. The first-order valence-corrected chi connectivity index (χ1v) is 7.43. The number of nitrogens with zero attached hydrogens (tertiary/aromatic N) is 1. The Morgan fingerprint density at radius 3 is 2.57 bits per heavy atom. The van der Waals surface area contributed by atoms with Crippen LogP contribution < -0.4 is 14.8 Å². The highest BCUT2D eigenvalue weighted by atomic mass is 16.5. The molecule has 1 aliphatic rings. The standard InChI is InChI=1S/C16H24N2O3/c1-4-20-13-7-5-6-8-14(13)21-12-11-18-10-9-17-16(2,3)15(18)19/h5-8,17H,4,9-12H2,1-3H3. The van der Waals surface area contributed by atoms with Crippen LogP contribution in [0.1, 0.15) is 20.8 Å². The van der Waals surface area contributed by atoms with E-state index in [1.54, 1.807) is 0 Å². The van der Waals surface area contributed by atoms with Gasteiger partial charge in [-0.05, 0) is 32.9 Å². The van der Waals surface area contributed by atoms with Gasteiger partial charge in [0.1, 0.15) is 6.61 Å². The minimum absolute atomic E-state index is 0.121. The van der Waals surface area contributed by atoms with Crippen molar-refractivity contribution in [1.82, 2.24) is 10.2 Å². The topological polar surface area (TPSA) is 50.8 Å². The molecule has 1 N–H and O–H groups in total. The van der Waals surface area contributed by atoms with E-state index in [1.807, 2.05) is 49.9 Å². The molecule has 0 bridgehead atoms. The van der Waals surface area contributed by atoms with Gasteiger partial charge in [-0.3, -0.25) is 4.79 Å². The van der Waals surface area contributed by atoms with Crippen molar-refractivity contribution in [2.75, 3.05) is 32.8 Å². The predicted octanol–water partition coefficient (Wildman–Crippen LogP) is 1.67. The van der Waals surface area contributed by atoms with Crippen molar-refractivity contribution in [2.45, 2.75) is 26.3 Å². The molecule has 1 aromatic carbocycles. The number of benzene rings is 1. The molecule has 0 aromatic heterocycles. The summed E-state index contributed by atoms with van der Waals surface area (Å²) in [5.41, 5.74) is -0.485. The molecule has 1 saturated heterocycles. The van der Waals surface area contributed by atoms with Crippen molar-refractivity contribution in [3.05, 3.63) is 24.3 Å². The quantitative estimate of drug-likeness (QED) is 0.866. The summed E-state index contributed by atoms with van der Waals surface area (Å²) in [5.74, 6) is 1.59. The molecule has 1 aliphatic heterocycles. The van der Waals surface area contributed by atoms with Crippen LogP contribution >= 0.6 is 0 Å². The van der Waals surface area contributed by atoms with Gasteiger partial charge in [0, 0.05) is 13.1 Å². The van der Waals surface area contributed by atoms with Gasteiger partial charge in [0.15, 0.2) is 11.5 Å². The van der Waals surface area contributed by atoms with Gasteiger partial charge in [-0.15, -0.1) is 0 Å². The fourth-order valence-corrected chi connectivity index (χ4v) is 2.40. The highest BCUT2D eigenvalue weighted by molar-refractivity contribution is 5.86. The highest BCUT2D eigenvalue weighted by Crippen LogP contribution is 2.26. The summed E-state index contributed by atoms with van der Waals surface area (Å²) in [6.07, 6.45) is 0. The molecular weight excluding hydrogens is 268 g/mol. The van der Waals surface area contributed by atoms with Crippen LogP contribution in [0.2, 0.25) is 0 Å². The zero-order valence-electron chi connectivity index (χ0n) is 13.0. The van der Waals surface area contributed by atoms with Gasteiger partial charge in [-0.2, -0.15) is 0 Å². The second kappa shape index (κ2) is 6.80. The van der Waals surface area contributed by atoms with E-state index in [-0.39, 0.29) is 5.91 Å². The number of carbonyl (C=O) groups is 1. The summed E-state index contributed by atoms with van der Waals surface area (Å²) in [7, 11) is 0. The summed E-state index contributed by atoms with van der Waals surface area (Å²) in [4.78, 5) is 14.1. The third kappa shape index (κ3) is 3.88. The third-order valence-electron chi connectivity index (χ3n) is 3.54. The minimum atomic E-state index is -0.485. The summed E-state index contributed by atoms with van der Waals surface area (Å²) in [6.45, 7) is 8.95. The molecule has 0 saturated carbocycles. The second-order valence-corrected chi connectivity index (χ2v) is 5.57. The van der Waals surface area contributed by atoms with Gasteiger partial charge in [-0.25, -0.2) is 0 Å². The molecule has 0 aliphatic carbocycles. The van der Waals surface area contributed by atoms with Crippen LogP contribution in [-0.4, -0.2) is 49.2 Å². The first-order chi connectivity index (χ1) is 10.0. The molecule has 0 atom stereocenters. The smallest absolute Gasteiger partial charge is 0.242 e. The van der Waals surface area contributed by atoms with Crippen molar-refractivity contribution in [2.24, 2.45) is 0 Å². The Morgan fingerprint density at radius 1 is 1.24 bits per heavy atom. The second-order valence-electron chi connectivity index (χ2n) is 5.57. The molecule has 5 heteroatoms. The van der Waals surface area contributed by atoms with Gasteiger partial charge < -0.3 is 19.7 Å². The lowest BCUT2D eigenvalue weighted by atomic mass is 10.0. The largest absolute Gasteiger partial charge is 0.490 e. The maximum Gasteiger partial charge on any atom is 0.242 e. The molecule has 5 nitrogen and oxygen atoms in total. The zero-order valence-corrected chi connectivity index (χ0v) is 13.0. The first kappa shape index (κ1) is 15.6. The molecule has 1 aromatic rings. The van der Waals surface area contributed by atoms with Crippen LogP contribution in [-0.2, 0) is 4.79 Å². The van der Waals surface area contributed by atoms with Crippen molar-refractivity contribution >= 4 is 5.91 Å². The number of carbonyl (C=O) groups excluding carboxylic acids is 1. The zero-order chi connectivity index (χ0) is 15.3. The molecule has 21 heavy (non-hydrogen) atoms. The predicted molar refractivity (Wildman–Crippen MR) is 81.8 cm³/mol. The molecule has 2 rings (SSSR count). The maximum atomic E-state index is 12.2. The number of hydrogen-bond donors (Lipinski definition) is 1. The molecule has 0 radical (unpaired) electrons. The lowest BCUT2D eigenvalue weighted by Gasteiger charge is -2.38. The van der Waals surface area contributed by atoms with Crippen LogP contribution in [0, 0.1) is 0 Å². The van der Waals surface area contributed by atoms with E-state index < -0.39 is 5.54 Å². The molecule has 1 fully saturated rings. The lowest BCUT2D eigenvalue weighted by molar-refractivity contribution is -0.140. The Balaban J connectivity index is 1.88. The van der Waals surface area contributed by atoms with Crippen molar-refractivity contribution in [3.8, 4) is 11.5 Å². The molecule has 0 spiro atoms. The number of piperazine rings is 1. The molecule has 1 heterocycles.